The zero-order valence-corrected chi connectivity index (χ0v) is 16.0. The molecule has 0 saturated carbocycles. The number of hydrogen-bond acceptors (Lipinski definition) is 6. The van der Waals surface area contributed by atoms with Crippen LogP contribution in [0.1, 0.15) is 27.4 Å². The highest BCUT2D eigenvalue weighted by Crippen LogP contribution is 2.38. The average molecular weight is 377 g/mol. The number of carboxylic acid groups (broad SMARTS) is 1. The summed E-state index contributed by atoms with van der Waals surface area (Å²) in [5.74, 6) is 0.875. The van der Waals surface area contributed by atoms with Gasteiger partial charge in [0, 0.05) is 7.05 Å². The summed E-state index contributed by atoms with van der Waals surface area (Å²) < 4.78 is 21.3. The van der Waals surface area contributed by atoms with Gasteiger partial charge in [-0.2, -0.15) is 0 Å². The maximum atomic E-state index is 12.6. The van der Waals surface area contributed by atoms with Crippen molar-refractivity contribution in [2.45, 2.75) is 19.9 Å². The second-order valence-corrected chi connectivity index (χ2v) is 5.95. The number of likely N-dealkylation sites (N-methyl/N-ethyl adjacent to an activating group) is 1. The molecule has 0 aliphatic heterocycles. The normalized spacial score (nSPS) is 10.4. The van der Waals surface area contributed by atoms with Crippen LogP contribution in [-0.4, -0.2) is 50.3 Å². The summed E-state index contributed by atoms with van der Waals surface area (Å²) in [4.78, 5) is 25.1. The standard InChI is InChI=1S/C19H23NO7/c1-11-14(19(22)23)9-13(27-11)10-20(2)17(21)8-12-6-15(24-3)18(26-5)16(7-12)25-4/h6-7,9H,8,10H2,1-5H3,(H,22,23). The van der Waals surface area contributed by atoms with Crippen molar-refractivity contribution in [1.82, 2.24) is 4.90 Å². The van der Waals surface area contributed by atoms with Gasteiger partial charge >= 0.3 is 5.97 Å². The molecule has 146 valence electrons. The lowest BCUT2D eigenvalue weighted by atomic mass is 10.1. The summed E-state index contributed by atoms with van der Waals surface area (Å²) in [7, 11) is 6.15. The van der Waals surface area contributed by atoms with Crippen LogP contribution in [0.15, 0.2) is 22.6 Å². The van der Waals surface area contributed by atoms with Crippen LogP contribution < -0.4 is 14.2 Å². The minimum atomic E-state index is -1.06. The first-order chi connectivity index (χ1) is 12.8. The predicted molar refractivity (Wildman–Crippen MR) is 96.7 cm³/mol. The number of nitrogens with zero attached hydrogens (tertiary/aromatic N) is 1. The van der Waals surface area contributed by atoms with Gasteiger partial charge in [0.2, 0.25) is 11.7 Å². The number of ether oxygens (including phenoxy) is 3. The maximum Gasteiger partial charge on any atom is 0.339 e. The van der Waals surface area contributed by atoms with E-state index in [1.165, 1.54) is 32.3 Å². The van der Waals surface area contributed by atoms with Crippen molar-refractivity contribution in [3.8, 4) is 17.2 Å². The van der Waals surface area contributed by atoms with Crippen LogP contribution >= 0.6 is 0 Å². The molecule has 0 aliphatic rings. The lowest BCUT2D eigenvalue weighted by molar-refractivity contribution is -0.129. The van der Waals surface area contributed by atoms with Crippen molar-refractivity contribution in [2.75, 3.05) is 28.4 Å². The number of aromatic carboxylic acids is 1. The number of carbonyl (C=O) groups is 2. The van der Waals surface area contributed by atoms with E-state index in [2.05, 4.69) is 0 Å². The Morgan fingerprint density at radius 2 is 1.67 bits per heavy atom. The lowest BCUT2D eigenvalue weighted by Crippen LogP contribution is -2.27. The molecule has 0 aliphatic carbocycles. The first-order valence-corrected chi connectivity index (χ1v) is 8.16. The molecular weight excluding hydrogens is 354 g/mol. The van der Waals surface area contributed by atoms with E-state index in [0.29, 0.717) is 34.3 Å². The van der Waals surface area contributed by atoms with Gasteiger partial charge in [-0.05, 0) is 30.7 Å². The van der Waals surface area contributed by atoms with E-state index in [9.17, 15) is 9.59 Å². The molecule has 1 aromatic carbocycles. The van der Waals surface area contributed by atoms with Crippen molar-refractivity contribution in [3.05, 3.63) is 40.8 Å². The summed E-state index contributed by atoms with van der Waals surface area (Å²) >= 11 is 0. The van der Waals surface area contributed by atoms with Gasteiger partial charge in [-0.1, -0.05) is 0 Å². The smallest absolute Gasteiger partial charge is 0.339 e. The van der Waals surface area contributed by atoms with Crippen molar-refractivity contribution in [1.29, 1.82) is 0 Å². The summed E-state index contributed by atoms with van der Waals surface area (Å²) in [5, 5.41) is 9.08. The summed E-state index contributed by atoms with van der Waals surface area (Å²) in [6, 6.07) is 4.86. The second-order valence-electron chi connectivity index (χ2n) is 5.95. The SMILES string of the molecule is COc1cc(CC(=O)N(C)Cc2cc(C(=O)O)c(C)o2)cc(OC)c1OC. The molecule has 1 heterocycles. The van der Waals surface area contributed by atoms with E-state index in [-0.39, 0.29) is 24.4 Å². The number of carbonyl (C=O) groups excluding carboxylic acids is 1. The quantitative estimate of drug-likeness (QED) is 0.755. The molecule has 1 amide bonds. The molecule has 1 aromatic heterocycles. The number of hydrogen-bond donors (Lipinski definition) is 1. The molecule has 0 atom stereocenters. The number of furan rings is 1. The van der Waals surface area contributed by atoms with E-state index < -0.39 is 5.97 Å². The van der Waals surface area contributed by atoms with Gasteiger partial charge in [-0.25, -0.2) is 4.79 Å². The molecule has 0 bridgehead atoms. The van der Waals surface area contributed by atoms with Gasteiger partial charge in [0.15, 0.2) is 11.5 Å². The number of amides is 1. The fourth-order valence-electron chi connectivity index (χ4n) is 2.70. The Morgan fingerprint density at radius 3 is 2.11 bits per heavy atom. The van der Waals surface area contributed by atoms with Gasteiger partial charge in [0.25, 0.3) is 0 Å². The molecule has 1 N–H and O–H groups in total. The lowest BCUT2D eigenvalue weighted by Gasteiger charge is -2.17. The van der Waals surface area contributed by atoms with Crippen LogP contribution in [0.2, 0.25) is 0 Å². The monoisotopic (exact) mass is 377 g/mol. The molecule has 0 radical (unpaired) electrons. The Kier molecular flexibility index (Phi) is 6.33. The fourth-order valence-corrected chi connectivity index (χ4v) is 2.70. The van der Waals surface area contributed by atoms with Crippen LogP contribution in [0.3, 0.4) is 0 Å². The molecule has 0 spiro atoms. The van der Waals surface area contributed by atoms with Crippen molar-refractivity contribution in [2.24, 2.45) is 0 Å². The Bertz CT molecular complexity index is 816. The highest BCUT2D eigenvalue weighted by atomic mass is 16.5. The van der Waals surface area contributed by atoms with Gasteiger partial charge < -0.3 is 28.6 Å². The van der Waals surface area contributed by atoms with Crippen LogP contribution in [0.4, 0.5) is 0 Å². The minimum absolute atomic E-state index is 0.0930. The molecule has 8 nitrogen and oxygen atoms in total. The summed E-state index contributed by atoms with van der Waals surface area (Å²) in [6.45, 7) is 1.74. The predicted octanol–water partition coefficient (Wildman–Crippen LogP) is 2.51. The fraction of sp³-hybridized carbons (Fsp3) is 0.368. The Balaban J connectivity index is 2.14. The van der Waals surface area contributed by atoms with Gasteiger partial charge in [-0.3, -0.25) is 4.79 Å². The number of carboxylic acids is 1. The minimum Gasteiger partial charge on any atom is -0.493 e. The molecule has 0 saturated heterocycles. The average Bonchev–Trinajstić information content (AvgIpc) is 3.00. The number of methoxy groups -OCH3 is 3. The Hall–Kier alpha value is -3.16. The molecule has 27 heavy (non-hydrogen) atoms. The molecular formula is C19H23NO7. The van der Waals surface area contributed by atoms with Gasteiger partial charge in [-0.15, -0.1) is 0 Å². The van der Waals surface area contributed by atoms with Crippen molar-refractivity contribution >= 4 is 11.9 Å². The van der Waals surface area contributed by atoms with Crippen LogP contribution in [-0.2, 0) is 17.8 Å². The number of rotatable bonds is 8. The zero-order chi connectivity index (χ0) is 20.1. The first kappa shape index (κ1) is 20.2. The highest BCUT2D eigenvalue weighted by molar-refractivity contribution is 5.88. The van der Waals surface area contributed by atoms with Crippen molar-refractivity contribution < 1.29 is 33.3 Å². The van der Waals surface area contributed by atoms with E-state index in [4.69, 9.17) is 23.7 Å². The number of benzene rings is 1. The van der Waals surface area contributed by atoms with E-state index in [1.807, 2.05) is 0 Å². The van der Waals surface area contributed by atoms with Crippen LogP contribution in [0.25, 0.3) is 0 Å². The third-order valence-electron chi connectivity index (χ3n) is 4.10. The molecule has 2 aromatic rings. The zero-order valence-electron chi connectivity index (χ0n) is 16.0. The molecule has 8 heteroatoms. The van der Waals surface area contributed by atoms with E-state index in [0.717, 1.165) is 0 Å². The maximum absolute atomic E-state index is 12.6. The topological polar surface area (TPSA) is 98.4 Å². The first-order valence-electron chi connectivity index (χ1n) is 8.16. The summed E-state index contributed by atoms with van der Waals surface area (Å²) in [5.41, 5.74) is 0.790. The molecule has 2 rings (SSSR count). The Morgan fingerprint density at radius 1 is 1.07 bits per heavy atom. The largest absolute Gasteiger partial charge is 0.493 e. The van der Waals surface area contributed by atoms with Crippen LogP contribution in [0.5, 0.6) is 17.2 Å². The third kappa shape index (κ3) is 4.52. The Labute approximate surface area is 157 Å². The van der Waals surface area contributed by atoms with Crippen LogP contribution in [0, 0.1) is 6.92 Å². The van der Waals surface area contributed by atoms with Gasteiger partial charge in [0.05, 0.1) is 34.3 Å². The molecule has 0 fully saturated rings. The molecule has 0 unspecified atom stereocenters. The number of aryl methyl sites for hydroxylation is 1. The van der Waals surface area contributed by atoms with Crippen molar-refractivity contribution in [3.63, 3.8) is 0 Å². The second kappa shape index (κ2) is 8.48. The highest BCUT2D eigenvalue weighted by Gasteiger charge is 2.19. The third-order valence-corrected chi connectivity index (χ3v) is 4.10. The van der Waals surface area contributed by atoms with E-state index in [1.54, 1.807) is 26.1 Å². The van der Waals surface area contributed by atoms with E-state index >= 15 is 0 Å². The summed E-state index contributed by atoms with van der Waals surface area (Å²) in [6.07, 6.45) is 0.110. The van der Waals surface area contributed by atoms with Gasteiger partial charge in [0.1, 0.15) is 17.1 Å².